The van der Waals surface area contributed by atoms with Crippen LogP contribution in [0.3, 0.4) is 0 Å². The second-order valence-corrected chi connectivity index (χ2v) is 4.17. The Balaban J connectivity index is 1.69. The number of esters is 2. The Kier molecular flexibility index (Phi) is 5.80. The van der Waals surface area contributed by atoms with Crippen LogP contribution < -0.4 is 9.47 Å². The minimum Gasteiger partial charge on any atom is -0.425 e. The maximum atomic E-state index is 11.5. The van der Waals surface area contributed by atoms with Crippen molar-refractivity contribution in [3.8, 4) is 11.5 Å². The Morgan fingerprint density at radius 3 is 1.41 bits per heavy atom. The van der Waals surface area contributed by atoms with Gasteiger partial charge >= 0.3 is 11.9 Å². The van der Waals surface area contributed by atoms with E-state index in [1.165, 1.54) is 0 Å². The third-order valence-electron chi connectivity index (χ3n) is 2.45. The molecule has 0 aliphatic rings. The van der Waals surface area contributed by atoms with Gasteiger partial charge in [0.15, 0.2) is 13.1 Å². The molecule has 0 unspecified atom stereocenters. The van der Waals surface area contributed by atoms with Gasteiger partial charge in [0, 0.05) is 0 Å². The van der Waals surface area contributed by atoms with Crippen LogP contribution in [0.4, 0.5) is 0 Å². The van der Waals surface area contributed by atoms with Gasteiger partial charge in [0.05, 0.1) is 0 Å². The quantitative estimate of drug-likeness (QED) is 0.466. The van der Waals surface area contributed by atoms with Crippen LogP contribution in [-0.2, 0) is 9.59 Å². The number of carbonyl (C=O) groups excluding carboxylic acids is 2. The predicted octanol–water partition coefficient (Wildman–Crippen LogP) is 2.65. The van der Waals surface area contributed by atoms with Crippen LogP contribution in [0, 0.1) is 0 Å². The number of benzene rings is 2. The van der Waals surface area contributed by atoms with Gasteiger partial charge in [0.1, 0.15) is 11.5 Å². The van der Waals surface area contributed by atoms with E-state index in [-0.39, 0.29) is 13.1 Å². The van der Waals surface area contributed by atoms with E-state index < -0.39 is 11.9 Å². The highest BCUT2D eigenvalue weighted by atomic mass is 16.5. The molecular weight excluding hydrogens is 284 g/mol. The van der Waals surface area contributed by atoms with Gasteiger partial charge in [-0.3, -0.25) is 0 Å². The molecule has 0 heterocycles. The zero-order valence-corrected chi connectivity index (χ0v) is 11.7. The molecule has 0 saturated heterocycles. The topological polar surface area (TPSA) is 77.3 Å². The van der Waals surface area contributed by atoms with Crippen LogP contribution in [0.2, 0.25) is 0 Å². The number of nitrogens with zero attached hydrogens (tertiary/aromatic N) is 2. The van der Waals surface area contributed by atoms with Crippen LogP contribution in [0.25, 0.3) is 0 Å². The third kappa shape index (κ3) is 5.54. The van der Waals surface area contributed by atoms with Crippen LogP contribution in [0.1, 0.15) is 0 Å². The van der Waals surface area contributed by atoms with Gasteiger partial charge in [-0.15, -0.1) is 0 Å². The number of carbonyl (C=O) groups is 2. The fourth-order valence-corrected chi connectivity index (χ4v) is 1.52. The van der Waals surface area contributed by atoms with Crippen molar-refractivity contribution in [3.63, 3.8) is 0 Å². The standard InChI is InChI=1S/C16H14N2O4/c19-15(21-13-7-3-1-4-8-13)11-17-18-12-16(20)22-14-9-5-2-6-10-14/h1-10H,11-12H2. The lowest BCUT2D eigenvalue weighted by molar-refractivity contribution is -0.134. The molecule has 2 aromatic rings. The van der Waals surface area contributed by atoms with Gasteiger partial charge in [0.2, 0.25) is 0 Å². The van der Waals surface area contributed by atoms with Crippen molar-refractivity contribution < 1.29 is 19.1 Å². The average Bonchev–Trinajstić information content (AvgIpc) is 2.53. The minimum atomic E-state index is -0.550. The van der Waals surface area contributed by atoms with Crippen LogP contribution >= 0.6 is 0 Å². The lowest BCUT2D eigenvalue weighted by atomic mass is 10.3. The Morgan fingerprint density at radius 2 is 1.05 bits per heavy atom. The zero-order valence-electron chi connectivity index (χ0n) is 11.7. The van der Waals surface area contributed by atoms with Crippen molar-refractivity contribution in [1.29, 1.82) is 0 Å². The van der Waals surface area contributed by atoms with E-state index in [0.29, 0.717) is 11.5 Å². The molecule has 0 bridgehead atoms. The number of para-hydroxylation sites is 2. The molecule has 0 atom stereocenters. The number of hydrogen-bond donors (Lipinski definition) is 0. The summed E-state index contributed by atoms with van der Waals surface area (Å²) in [7, 11) is 0. The lowest BCUT2D eigenvalue weighted by Crippen LogP contribution is -2.13. The smallest absolute Gasteiger partial charge is 0.335 e. The average molecular weight is 298 g/mol. The molecule has 6 nitrogen and oxygen atoms in total. The summed E-state index contributed by atoms with van der Waals surface area (Å²) in [6.45, 7) is -0.513. The van der Waals surface area contributed by atoms with Crippen molar-refractivity contribution in [2.24, 2.45) is 10.2 Å². The summed E-state index contributed by atoms with van der Waals surface area (Å²) in [4.78, 5) is 22.9. The van der Waals surface area contributed by atoms with E-state index >= 15 is 0 Å². The van der Waals surface area contributed by atoms with Crippen molar-refractivity contribution >= 4 is 11.9 Å². The summed E-state index contributed by atoms with van der Waals surface area (Å²) in [6.07, 6.45) is 0. The molecule has 0 radical (unpaired) electrons. The first kappa shape index (κ1) is 15.4. The Morgan fingerprint density at radius 1 is 0.682 bits per heavy atom. The van der Waals surface area contributed by atoms with Crippen LogP contribution in [-0.4, -0.2) is 25.0 Å². The molecule has 2 rings (SSSR count). The number of azo groups is 1. The molecule has 6 heteroatoms. The molecule has 0 fully saturated rings. The summed E-state index contributed by atoms with van der Waals surface area (Å²) < 4.78 is 10.0. The predicted molar refractivity (Wildman–Crippen MR) is 78.7 cm³/mol. The van der Waals surface area contributed by atoms with E-state index in [1.807, 2.05) is 12.1 Å². The summed E-state index contributed by atoms with van der Waals surface area (Å²) in [5.41, 5.74) is 0. The van der Waals surface area contributed by atoms with Crippen LogP contribution in [0.15, 0.2) is 70.9 Å². The number of ether oxygens (including phenoxy) is 2. The Hall–Kier alpha value is -3.02. The van der Waals surface area contributed by atoms with Gasteiger partial charge in [-0.05, 0) is 24.3 Å². The molecule has 0 aliphatic heterocycles. The molecule has 0 aromatic heterocycles. The van der Waals surface area contributed by atoms with Gasteiger partial charge in [0.25, 0.3) is 0 Å². The van der Waals surface area contributed by atoms with E-state index in [2.05, 4.69) is 10.2 Å². The maximum absolute atomic E-state index is 11.5. The normalized spacial score (nSPS) is 10.4. The summed E-state index contributed by atoms with van der Waals surface area (Å²) in [5.74, 6) is -0.227. The molecule has 112 valence electrons. The summed E-state index contributed by atoms with van der Waals surface area (Å²) in [5, 5.41) is 7.20. The van der Waals surface area contributed by atoms with Gasteiger partial charge in [-0.1, -0.05) is 36.4 Å². The zero-order chi connectivity index (χ0) is 15.6. The Labute approximate surface area is 127 Å². The van der Waals surface area contributed by atoms with Gasteiger partial charge in [-0.25, -0.2) is 9.59 Å². The third-order valence-corrected chi connectivity index (χ3v) is 2.45. The highest BCUT2D eigenvalue weighted by Crippen LogP contribution is 2.09. The fraction of sp³-hybridized carbons (Fsp3) is 0.125. The van der Waals surface area contributed by atoms with Crippen LogP contribution in [0.5, 0.6) is 11.5 Å². The monoisotopic (exact) mass is 298 g/mol. The van der Waals surface area contributed by atoms with Gasteiger partial charge in [-0.2, -0.15) is 10.2 Å². The van der Waals surface area contributed by atoms with Crippen molar-refractivity contribution in [1.82, 2.24) is 0 Å². The maximum Gasteiger partial charge on any atom is 0.335 e. The van der Waals surface area contributed by atoms with E-state index in [0.717, 1.165) is 0 Å². The minimum absolute atomic E-state index is 0.256. The van der Waals surface area contributed by atoms with E-state index in [4.69, 9.17) is 9.47 Å². The van der Waals surface area contributed by atoms with E-state index in [1.54, 1.807) is 48.5 Å². The van der Waals surface area contributed by atoms with Crippen molar-refractivity contribution in [2.75, 3.05) is 13.1 Å². The molecule has 0 spiro atoms. The van der Waals surface area contributed by atoms with Gasteiger partial charge < -0.3 is 9.47 Å². The first-order chi connectivity index (χ1) is 10.7. The molecule has 0 aliphatic carbocycles. The Bertz CT molecular complexity index is 584. The van der Waals surface area contributed by atoms with E-state index in [9.17, 15) is 9.59 Å². The molecule has 22 heavy (non-hydrogen) atoms. The highest BCUT2D eigenvalue weighted by Gasteiger charge is 2.05. The summed E-state index contributed by atoms with van der Waals surface area (Å²) >= 11 is 0. The molecule has 0 saturated carbocycles. The SMILES string of the molecule is O=C(CN=NCC(=O)Oc1ccccc1)Oc1ccccc1. The number of hydrogen-bond acceptors (Lipinski definition) is 6. The molecule has 2 aromatic carbocycles. The fourth-order valence-electron chi connectivity index (χ4n) is 1.52. The first-order valence-corrected chi connectivity index (χ1v) is 6.59. The lowest BCUT2D eigenvalue weighted by Gasteiger charge is -2.01. The number of rotatable bonds is 6. The first-order valence-electron chi connectivity index (χ1n) is 6.59. The second kappa shape index (κ2) is 8.31. The second-order valence-electron chi connectivity index (χ2n) is 4.17. The van der Waals surface area contributed by atoms with Crippen molar-refractivity contribution in [3.05, 3.63) is 60.7 Å². The highest BCUT2D eigenvalue weighted by molar-refractivity contribution is 5.75. The molecular formula is C16H14N2O4. The summed E-state index contributed by atoms with van der Waals surface area (Å²) in [6, 6.07) is 17.3. The van der Waals surface area contributed by atoms with Crippen molar-refractivity contribution in [2.45, 2.75) is 0 Å². The molecule has 0 amide bonds. The largest absolute Gasteiger partial charge is 0.425 e. The molecule has 0 N–H and O–H groups in total.